The highest BCUT2D eigenvalue weighted by Gasteiger charge is 2.50. The predicted octanol–water partition coefficient (Wildman–Crippen LogP) is 6.80. The lowest BCUT2D eigenvalue weighted by Crippen LogP contribution is -2.45. The monoisotopic (exact) mass is 450 g/mol. The molecule has 0 aliphatic heterocycles. The Bertz CT molecular complexity index is 915. The molecule has 0 aromatic rings. The van der Waals surface area contributed by atoms with Crippen LogP contribution in [-0.4, -0.2) is 24.3 Å². The van der Waals surface area contributed by atoms with Crippen molar-refractivity contribution < 1.29 is 14.3 Å². The second-order valence-corrected chi connectivity index (χ2v) is 12.5. The van der Waals surface area contributed by atoms with Gasteiger partial charge in [-0.1, -0.05) is 64.7 Å². The van der Waals surface area contributed by atoms with E-state index in [2.05, 4.69) is 47.4 Å². The molecule has 3 fully saturated rings. The smallest absolute Gasteiger partial charge is 0.161 e. The van der Waals surface area contributed by atoms with Gasteiger partial charge < -0.3 is 4.74 Å². The molecular weight excluding hydrogens is 408 g/mol. The van der Waals surface area contributed by atoms with Crippen LogP contribution in [-0.2, 0) is 14.3 Å². The lowest BCUT2D eigenvalue weighted by molar-refractivity contribution is -0.121. The molecule has 3 saturated carbocycles. The Morgan fingerprint density at radius 1 is 0.879 bits per heavy atom. The van der Waals surface area contributed by atoms with Crippen molar-refractivity contribution in [1.82, 2.24) is 0 Å². The molecule has 0 aromatic carbocycles. The van der Waals surface area contributed by atoms with Gasteiger partial charge >= 0.3 is 0 Å². The average molecular weight is 451 g/mol. The zero-order valence-electron chi connectivity index (χ0n) is 21.2. The molecule has 33 heavy (non-hydrogen) atoms. The average Bonchev–Trinajstić information content (AvgIpc) is 2.81. The standard InChI is InChI=1S/C30H42O3/c1-18-9-8-10-21(27(32)14-25-22(18)15-30(25,6)7)17-33-28-12-11-19(2)23-16-29(4,5)24(23)13-26(31)20(28)3/h10,22-25,28H,1-3,8-9,11-17H2,4-7H3. The minimum atomic E-state index is -0.348. The van der Waals surface area contributed by atoms with Crippen molar-refractivity contribution in [3.05, 3.63) is 48.1 Å². The third kappa shape index (κ3) is 4.63. The molecule has 4 aliphatic rings. The molecule has 4 rings (SSSR count). The molecule has 0 bridgehead atoms. The molecule has 0 heterocycles. The first-order valence-electron chi connectivity index (χ1n) is 12.8. The summed E-state index contributed by atoms with van der Waals surface area (Å²) in [6.45, 7) is 22.1. The van der Waals surface area contributed by atoms with Crippen molar-refractivity contribution in [3.63, 3.8) is 0 Å². The van der Waals surface area contributed by atoms with Gasteiger partial charge in [-0.15, -0.1) is 0 Å². The highest BCUT2D eigenvalue weighted by atomic mass is 16.5. The van der Waals surface area contributed by atoms with Crippen LogP contribution in [0.4, 0.5) is 0 Å². The molecule has 180 valence electrons. The van der Waals surface area contributed by atoms with E-state index in [-0.39, 0.29) is 35.1 Å². The highest BCUT2D eigenvalue weighted by Crippen LogP contribution is 2.57. The van der Waals surface area contributed by atoms with E-state index in [0.717, 1.165) is 37.7 Å². The molecule has 0 amide bonds. The van der Waals surface area contributed by atoms with E-state index in [1.807, 2.05) is 6.08 Å². The van der Waals surface area contributed by atoms with Crippen molar-refractivity contribution in [2.24, 2.45) is 34.5 Å². The van der Waals surface area contributed by atoms with Crippen LogP contribution in [0.3, 0.4) is 0 Å². The third-order valence-electron chi connectivity index (χ3n) is 9.46. The second-order valence-electron chi connectivity index (χ2n) is 12.5. The quantitative estimate of drug-likeness (QED) is 0.351. The zero-order valence-corrected chi connectivity index (χ0v) is 21.2. The fourth-order valence-electron chi connectivity index (χ4n) is 6.95. The van der Waals surface area contributed by atoms with E-state index >= 15 is 0 Å². The fourth-order valence-corrected chi connectivity index (χ4v) is 6.95. The molecule has 0 radical (unpaired) electrons. The van der Waals surface area contributed by atoms with Gasteiger partial charge in [0.05, 0.1) is 12.7 Å². The minimum Gasteiger partial charge on any atom is -0.369 e. The van der Waals surface area contributed by atoms with E-state index in [1.165, 1.54) is 11.1 Å². The van der Waals surface area contributed by atoms with Crippen molar-refractivity contribution >= 4 is 11.6 Å². The molecule has 5 unspecified atom stereocenters. The maximum Gasteiger partial charge on any atom is 0.161 e. The van der Waals surface area contributed by atoms with Gasteiger partial charge in [0.25, 0.3) is 0 Å². The summed E-state index contributed by atoms with van der Waals surface area (Å²) in [5.74, 6) is 1.91. The summed E-state index contributed by atoms with van der Waals surface area (Å²) in [5.41, 5.74) is 4.21. The van der Waals surface area contributed by atoms with E-state index in [9.17, 15) is 9.59 Å². The van der Waals surface area contributed by atoms with Crippen molar-refractivity contribution in [2.75, 3.05) is 6.61 Å². The molecule has 0 spiro atoms. The molecule has 0 N–H and O–H groups in total. The van der Waals surface area contributed by atoms with E-state index < -0.39 is 0 Å². The van der Waals surface area contributed by atoms with Gasteiger partial charge in [-0.05, 0) is 73.0 Å². The van der Waals surface area contributed by atoms with Gasteiger partial charge in [-0.25, -0.2) is 0 Å². The van der Waals surface area contributed by atoms with Crippen LogP contribution in [0.15, 0.2) is 48.1 Å². The number of rotatable bonds is 3. The number of Topliss-reactive ketones (excluding diaryl/α,β-unsaturated/α-hetero) is 2. The number of allylic oxidation sites excluding steroid dienone is 3. The molecule has 0 aromatic heterocycles. The minimum absolute atomic E-state index is 0.114. The van der Waals surface area contributed by atoms with Crippen LogP contribution in [0.2, 0.25) is 0 Å². The Kier molecular flexibility index (Phi) is 6.50. The van der Waals surface area contributed by atoms with Crippen LogP contribution in [0.5, 0.6) is 0 Å². The Balaban J connectivity index is 1.44. The van der Waals surface area contributed by atoms with Gasteiger partial charge in [0, 0.05) is 24.0 Å². The number of carbonyl (C=O) groups excluding carboxylic acids is 2. The first-order chi connectivity index (χ1) is 15.4. The van der Waals surface area contributed by atoms with Crippen molar-refractivity contribution in [3.8, 4) is 0 Å². The number of fused-ring (bicyclic) bond motifs is 2. The molecule has 4 aliphatic carbocycles. The third-order valence-corrected chi connectivity index (χ3v) is 9.46. The molecule has 0 saturated heterocycles. The number of carbonyl (C=O) groups is 2. The van der Waals surface area contributed by atoms with E-state index in [0.29, 0.717) is 48.5 Å². The first-order valence-corrected chi connectivity index (χ1v) is 12.8. The number of hydrogen-bond donors (Lipinski definition) is 0. The van der Waals surface area contributed by atoms with E-state index in [1.54, 1.807) is 0 Å². The van der Waals surface area contributed by atoms with Gasteiger partial charge in [-0.3, -0.25) is 9.59 Å². The molecule has 3 heteroatoms. The largest absolute Gasteiger partial charge is 0.369 e. The summed E-state index contributed by atoms with van der Waals surface area (Å²) in [4.78, 5) is 26.3. The predicted molar refractivity (Wildman–Crippen MR) is 134 cm³/mol. The summed E-state index contributed by atoms with van der Waals surface area (Å²) in [7, 11) is 0. The summed E-state index contributed by atoms with van der Waals surface area (Å²) in [5, 5.41) is 0. The topological polar surface area (TPSA) is 43.4 Å². The Morgan fingerprint density at radius 3 is 2.00 bits per heavy atom. The molecule has 3 nitrogen and oxygen atoms in total. The van der Waals surface area contributed by atoms with Crippen molar-refractivity contribution in [1.29, 1.82) is 0 Å². The summed E-state index contributed by atoms with van der Waals surface area (Å²) >= 11 is 0. The summed E-state index contributed by atoms with van der Waals surface area (Å²) < 4.78 is 6.28. The highest BCUT2D eigenvalue weighted by molar-refractivity contribution is 5.97. The van der Waals surface area contributed by atoms with Crippen LogP contribution in [0, 0.1) is 34.5 Å². The Hall–Kier alpha value is -1.74. The van der Waals surface area contributed by atoms with Gasteiger partial charge in [-0.2, -0.15) is 0 Å². The lowest BCUT2D eigenvalue weighted by Gasteiger charge is -2.52. The van der Waals surface area contributed by atoms with E-state index in [4.69, 9.17) is 4.74 Å². The number of ether oxygens (including phenoxy) is 1. The van der Waals surface area contributed by atoms with Crippen LogP contribution in [0.25, 0.3) is 0 Å². The summed E-state index contributed by atoms with van der Waals surface area (Å²) in [6, 6.07) is 0. The van der Waals surface area contributed by atoms with Gasteiger partial charge in [0.2, 0.25) is 0 Å². The van der Waals surface area contributed by atoms with Crippen LogP contribution >= 0.6 is 0 Å². The summed E-state index contributed by atoms with van der Waals surface area (Å²) in [6.07, 6.45) is 8.33. The first kappa shape index (κ1) is 24.4. The molecule has 5 atom stereocenters. The number of hydrogen-bond acceptors (Lipinski definition) is 3. The normalized spacial score (nSPS) is 36.4. The maximum absolute atomic E-state index is 13.2. The van der Waals surface area contributed by atoms with Crippen LogP contribution in [0.1, 0.15) is 79.1 Å². The second kappa shape index (κ2) is 8.80. The molecular formula is C30H42O3. The Labute approximate surface area is 200 Å². The van der Waals surface area contributed by atoms with Crippen LogP contribution < -0.4 is 0 Å². The zero-order chi connectivity index (χ0) is 24.1. The van der Waals surface area contributed by atoms with Gasteiger partial charge in [0.1, 0.15) is 0 Å². The Morgan fingerprint density at radius 2 is 1.42 bits per heavy atom. The van der Waals surface area contributed by atoms with Gasteiger partial charge in [0.15, 0.2) is 11.6 Å². The van der Waals surface area contributed by atoms with Crippen molar-refractivity contribution in [2.45, 2.75) is 85.2 Å². The lowest BCUT2D eigenvalue weighted by atomic mass is 9.52. The maximum atomic E-state index is 13.2. The fraction of sp³-hybridized carbons (Fsp3) is 0.667. The SMILES string of the molecule is C=C1C(=O)CC2C(CC2(C)C)C(=C)CCC1OCC1=CCCC(=C)C2CC(C)(C)C2CC1=O. The number of ketones is 2.